The summed E-state index contributed by atoms with van der Waals surface area (Å²) in [6.07, 6.45) is 3.06. The zero-order valence-electron chi connectivity index (χ0n) is 12.2. The maximum atomic E-state index is 12.2. The van der Waals surface area contributed by atoms with Gasteiger partial charge in [-0.25, -0.2) is 4.79 Å². The van der Waals surface area contributed by atoms with Crippen molar-refractivity contribution in [3.05, 3.63) is 23.7 Å². The molecule has 1 aromatic heterocycles. The largest absolute Gasteiger partial charge is 0.478 e. The molecule has 0 bridgehead atoms. The highest BCUT2D eigenvalue weighted by Crippen LogP contribution is 2.34. The smallest absolute Gasteiger partial charge is 0.338 e. The van der Waals surface area contributed by atoms with Gasteiger partial charge in [0.25, 0.3) is 5.91 Å². The Bertz CT molecular complexity index is 504. The lowest BCUT2D eigenvalue weighted by atomic mass is 9.75. The van der Waals surface area contributed by atoms with Crippen LogP contribution < -0.4 is 0 Å². The number of carbonyl (C=O) groups is 2. The molecule has 5 nitrogen and oxygen atoms in total. The Morgan fingerprint density at radius 3 is 2.35 bits per heavy atom. The lowest BCUT2D eigenvalue weighted by molar-refractivity contribution is 0.0578. The van der Waals surface area contributed by atoms with Crippen molar-refractivity contribution in [2.24, 2.45) is 11.3 Å². The second-order valence-corrected chi connectivity index (χ2v) is 6.44. The van der Waals surface area contributed by atoms with E-state index in [4.69, 9.17) is 9.52 Å². The molecule has 20 heavy (non-hydrogen) atoms. The number of rotatable bonds is 2. The number of likely N-dealkylation sites (tertiary alicyclic amines) is 1. The van der Waals surface area contributed by atoms with Crippen LogP contribution in [0.2, 0.25) is 0 Å². The number of carboxylic acids is 1. The molecule has 2 heterocycles. The van der Waals surface area contributed by atoms with Gasteiger partial charge in [-0.05, 0) is 24.2 Å². The van der Waals surface area contributed by atoms with Crippen molar-refractivity contribution in [2.75, 3.05) is 13.1 Å². The van der Waals surface area contributed by atoms with Gasteiger partial charge < -0.3 is 14.4 Å². The summed E-state index contributed by atoms with van der Waals surface area (Å²) in [5.41, 5.74) is 0.272. The Labute approximate surface area is 118 Å². The van der Waals surface area contributed by atoms with E-state index in [0.29, 0.717) is 19.0 Å². The first-order chi connectivity index (χ1) is 9.29. The number of hydrogen-bond acceptors (Lipinski definition) is 3. The predicted molar refractivity (Wildman–Crippen MR) is 73.7 cm³/mol. The Morgan fingerprint density at radius 1 is 1.30 bits per heavy atom. The SMILES string of the molecule is CC(C)(C)C1CCN(C(=O)c2cc(C(=O)O)co2)CC1. The predicted octanol–water partition coefficient (Wildman–Crippen LogP) is 2.88. The minimum atomic E-state index is -1.08. The number of carboxylic acid groups (broad SMARTS) is 1. The average Bonchev–Trinajstić information content (AvgIpc) is 2.86. The van der Waals surface area contributed by atoms with Crippen molar-refractivity contribution < 1.29 is 19.1 Å². The van der Waals surface area contributed by atoms with E-state index in [9.17, 15) is 9.59 Å². The first-order valence-corrected chi connectivity index (χ1v) is 6.90. The van der Waals surface area contributed by atoms with Crippen LogP contribution in [0.5, 0.6) is 0 Å². The van der Waals surface area contributed by atoms with Crippen LogP contribution >= 0.6 is 0 Å². The van der Waals surface area contributed by atoms with Crippen molar-refractivity contribution in [2.45, 2.75) is 33.6 Å². The number of furan rings is 1. The molecule has 0 aromatic carbocycles. The topological polar surface area (TPSA) is 70.8 Å². The number of aromatic carboxylic acids is 1. The minimum absolute atomic E-state index is 0.0120. The summed E-state index contributed by atoms with van der Waals surface area (Å²) in [6, 6.07) is 1.29. The van der Waals surface area contributed by atoms with E-state index in [0.717, 1.165) is 19.1 Å². The Morgan fingerprint density at radius 2 is 1.90 bits per heavy atom. The fraction of sp³-hybridized carbons (Fsp3) is 0.600. The molecule has 1 aliphatic heterocycles. The van der Waals surface area contributed by atoms with Crippen LogP contribution in [-0.2, 0) is 0 Å². The number of carbonyl (C=O) groups excluding carboxylic acids is 1. The number of piperidine rings is 1. The molecule has 0 radical (unpaired) electrons. The van der Waals surface area contributed by atoms with E-state index in [1.165, 1.54) is 6.07 Å². The third-order valence-electron chi connectivity index (χ3n) is 4.06. The molecule has 0 saturated carbocycles. The van der Waals surface area contributed by atoms with Crippen LogP contribution in [0.25, 0.3) is 0 Å². The molecule has 0 unspecified atom stereocenters. The Kier molecular flexibility index (Phi) is 3.88. The molecule has 1 amide bonds. The van der Waals surface area contributed by atoms with Crippen molar-refractivity contribution >= 4 is 11.9 Å². The van der Waals surface area contributed by atoms with E-state index in [-0.39, 0.29) is 22.6 Å². The van der Waals surface area contributed by atoms with Crippen molar-refractivity contribution in [1.82, 2.24) is 4.90 Å². The standard InChI is InChI=1S/C15H21NO4/c1-15(2,3)11-4-6-16(7-5-11)13(17)12-8-10(9-20-12)14(18)19/h8-9,11H,4-7H2,1-3H3,(H,18,19). The van der Waals surface area contributed by atoms with E-state index in [1.807, 2.05) is 0 Å². The molecule has 5 heteroatoms. The molecule has 2 rings (SSSR count). The van der Waals surface area contributed by atoms with Gasteiger partial charge in [-0.2, -0.15) is 0 Å². The number of amides is 1. The summed E-state index contributed by atoms with van der Waals surface area (Å²) in [5.74, 6) is -0.585. The van der Waals surface area contributed by atoms with Crippen LogP contribution in [0.1, 0.15) is 54.5 Å². The summed E-state index contributed by atoms with van der Waals surface area (Å²) in [6.45, 7) is 8.07. The van der Waals surface area contributed by atoms with Gasteiger partial charge in [0.2, 0.25) is 0 Å². The van der Waals surface area contributed by atoms with Crippen LogP contribution in [0.15, 0.2) is 16.7 Å². The van der Waals surface area contributed by atoms with E-state index in [2.05, 4.69) is 20.8 Å². The highest BCUT2D eigenvalue weighted by molar-refractivity contribution is 5.95. The van der Waals surface area contributed by atoms with Crippen LogP contribution in [0.3, 0.4) is 0 Å². The molecular weight excluding hydrogens is 258 g/mol. The molecule has 1 N–H and O–H groups in total. The third kappa shape index (κ3) is 3.03. The van der Waals surface area contributed by atoms with Crippen LogP contribution in [0.4, 0.5) is 0 Å². The Balaban J connectivity index is 1.99. The van der Waals surface area contributed by atoms with Crippen molar-refractivity contribution in [3.8, 4) is 0 Å². The van der Waals surface area contributed by atoms with Gasteiger partial charge in [-0.3, -0.25) is 4.79 Å². The van der Waals surface area contributed by atoms with Crippen LogP contribution in [0, 0.1) is 11.3 Å². The fourth-order valence-corrected chi connectivity index (χ4v) is 2.66. The van der Waals surface area contributed by atoms with Gasteiger partial charge in [-0.15, -0.1) is 0 Å². The lowest BCUT2D eigenvalue weighted by Crippen LogP contribution is -2.41. The summed E-state index contributed by atoms with van der Waals surface area (Å²) in [4.78, 5) is 24.8. The second-order valence-electron chi connectivity index (χ2n) is 6.44. The van der Waals surface area contributed by atoms with Crippen molar-refractivity contribution in [3.63, 3.8) is 0 Å². The molecule has 1 saturated heterocycles. The molecule has 1 aromatic rings. The fourth-order valence-electron chi connectivity index (χ4n) is 2.66. The van der Waals surface area contributed by atoms with Crippen molar-refractivity contribution in [1.29, 1.82) is 0 Å². The lowest BCUT2D eigenvalue weighted by Gasteiger charge is -2.38. The highest BCUT2D eigenvalue weighted by atomic mass is 16.4. The summed E-state index contributed by atoms with van der Waals surface area (Å²) < 4.78 is 5.06. The van der Waals surface area contributed by atoms with Gasteiger partial charge in [0.05, 0.1) is 5.56 Å². The maximum absolute atomic E-state index is 12.2. The average molecular weight is 279 g/mol. The molecule has 0 atom stereocenters. The van der Waals surface area contributed by atoms with E-state index >= 15 is 0 Å². The maximum Gasteiger partial charge on any atom is 0.338 e. The zero-order valence-corrected chi connectivity index (χ0v) is 12.2. The molecule has 110 valence electrons. The normalized spacial score (nSPS) is 17.2. The number of hydrogen-bond donors (Lipinski definition) is 1. The second kappa shape index (κ2) is 5.31. The summed E-state index contributed by atoms with van der Waals surface area (Å²) in [7, 11) is 0. The molecule has 1 aliphatic rings. The van der Waals surface area contributed by atoms with E-state index in [1.54, 1.807) is 4.90 Å². The third-order valence-corrected chi connectivity index (χ3v) is 4.06. The molecule has 0 aliphatic carbocycles. The van der Waals surface area contributed by atoms with Crippen LogP contribution in [-0.4, -0.2) is 35.0 Å². The van der Waals surface area contributed by atoms with Gasteiger partial charge in [0.15, 0.2) is 5.76 Å². The van der Waals surface area contributed by atoms with Gasteiger partial charge in [-0.1, -0.05) is 20.8 Å². The zero-order chi connectivity index (χ0) is 14.9. The highest BCUT2D eigenvalue weighted by Gasteiger charge is 2.31. The first-order valence-electron chi connectivity index (χ1n) is 6.90. The summed E-state index contributed by atoms with van der Waals surface area (Å²) in [5, 5.41) is 8.83. The molecule has 1 fully saturated rings. The monoisotopic (exact) mass is 279 g/mol. The van der Waals surface area contributed by atoms with Gasteiger partial charge in [0, 0.05) is 19.2 Å². The number of nitrogens with zero attached hydrogens (tertiary/aromatic N) is 1. The molecular formula is C15H21NO4. The first kappa shape index (κ1) is 14.6. The van der Waals surface area contributed by atoms with Gasteiger partial charge >= 0.3 is 5.97 Å². The Hall–Kier alpha value is -1.78. The van der Waals surface area contributed by atoms with E-state index < -0.39 is 5.97 Å². The van der Waals surface area contributed by atoms with Gasteiger partial charge in [0.1, 0.15) is 6.26 Å². The minimum Gasteiger partial charge on any atom is -0.478 e. The quantitative estimate of drug-likeness (QED) is 0.903. The summed E-state index contributed by atoms with van der Waals surface area (Å²) >= 11 is 0. The molecule has 0 spiro atoms.